The Balaban J connectivity index is 2.42. The molecule has 1 N–H and O–H groups in total. The van der Waals surface area contributed by atoms with Gasteiger partial charge in [0.05, 0.1) is 15.7 Å². The highest BCUT2D eigenvalue weighted by Gasteiger charge is 2.06. The molecule has 0 bridgehead atoms. The van der Waals surface area contributed by atoms with E-state index in [4.69, 9.17) is 0 Å². The van der Waals surface area contributed by atoms with Crippen molar-refractivity contribution in [2.24, 2.45) is 0 Å². The maximum Gasteiger partial charge on any atom is 0.146 e. The van der Waals surface area contributed by atoms with E-state index in [1.165, 1.54) is 17.4 Å². The molecule has 78 valence electrons. The molecule has 0 fully saturated rings. The molecule has 0 amide bonds. The van der Waals surface area contributed by atoms with Crippen LogP contribution in [0.15, 0.2) is 28.2 Å². The summed E-state index contributed by atoms with van der Waals surface area (Å²) in [7, 11) is 1.69. The summed E-state index contributed by atoms with van der Waals surface area (Å²) in [6, 6.07) is 5.04. The third-order valence-electron chi connectivity index (χ3n) is 1.96. The van der Waals surface area contributed by atoms with Gasteiger partial charge in [-0.05, 0) is 34.1 Å². The van der Waals surface area contributed by atoms with Crippen molar-refractivity contribution in [2.75, 3.05) is 12.4 Å². The summed E-state index contributed by atoms with van der Waals surface area (Å²) in [5.74, 6) is -0.263. The lowest BCUT2D eigenvalue weighted by molar-refractivity contribution is 0.632. The zero-order valence-corrected chi connectivity index (χ0v) is 10.3. The molecular weight excluding hydrogens is 279 g/mol. The minimum Gasteiger partial charge on any atom is -0.386 e. The molecule has 5 heteroatoms. The SMILES string of the molecule is CNc1ccc(-c2ncc(Br)s2)cc1F. The van der Waals surface area contributed by atoms with Crippen LogP contribution in [0.25, 0.3) is 10.6 Å². The first kappa shape index (κ1) is 10.6. The second-order valence-corrected chi connectivity index (χ2v) is 5.32. The molecule has 0 aliphatic rings. The summed E-state index contributed by atoms with van der Waals surface area (Å²) in [5, 5.41) is 3.59. The standard InChI is InChI=1S/C10H8BrFN2S/c1-13-8-3-2-6(4-7(8)12)10-14-5-9(11)15-10/h2-5,13H,1H3. The molecule has 2 nitrogen and oxygen atoms in total. The van der Waals surface area contributed by atoms with Crippen molar-refractivity contribution in [1.29, 1.82) is 0 Å². The fourth-order valence-electron chi connectivity index (χ4n) is 1.24. The number of hydrogen-bond donors (Lipinski definition) is 1. The lowest BCUT2D eigenvalue weighted by Crippen LogP contribution is -1.92. The van der Waals surface area contributed by atoms with Crippen LogP contribution in [0.5, 0.6) is 0 Å². The quantitative estimate of drug-likeness (QED) is 0.909. The van der Waals surface area contributed by atoms with Crippen LogP contribution in [0.3, 0.4) is 0 Å². The Morgan fingerprint density at radius 2 is 2.27 bits per heavy atom. The van der Waals surface area contributed by atoms with Crippen LogP contribution < -0.4 is 5.32 Å². The molecule has 1 heterocycles. The van der Waals surface area contributed by atoms with Crippen LogP contribution >= 0.6 is 27.3 Å². The van der Waals surface area contributed by atoms with E-state index in [1.807, 2.05) is 6.07 Å². The van der Waals surface area contributed by atoms with Gasteiger partial charge >= 0.3 is 0 Å². The molecule has 2 rings (SSSR count). The van der Waals surface area contributed by atoms with Crippen molar-refractivity contribution >= 4 is 33.0 Å². The van der Waals surface area contributed by atoms with Crippen LogP contribution in [0.4, 0.5) is 10.1 Å². The number of anilines is 1. The Hall–Kier alpha value is -0.940. The monoisotopic (exact) mass is 286 g/mol. The minimum atomic E-state index is -0.263. The van der Waals surface area contributed by atoms with E-state index in [0.717, 1.165) is 14.4 Å². The highest BCUT2D eigenvalue weighted by atomic mass is 79.9. The number of nitrogens with zero attached hydrogens (tertiary/aromatic N) is 1. The third kappa shape index (κ3) is 2.18. The topological polar surface area (TPSA) is 24.9 Å². The third-order valence-corrected chi connectivity index (χ3v) is 3.49. The van der Waals surface area contributed by atoms with Gasteiger partial charge in [-0.2, -0.15) is 0 Å². The van der Waals surface area contributed by atoms with Crippen molar-refractivity contribution < 1.29 is 4.39 Å². The highest BCUT2D eigenvalue weighted by molar-refractivity contribution is 9.11. The summed E-state index contributed by atoms with van der Waals surface area (Å²) in [6.45, 7) is 0. The van der Waals surface area contributed by atoms with Gasteiger partial charge in [-0.25, -0.2) is 9.37 Å². The molecule has 0 unspecified atom stereocenters. The normalized spacial score (nSPS) is 10.3. The largest absolute Gasteiger partial charge is 0.386 e. The van der Waals surface area contributed by atoms with Crippen LogP contribution in [0, 0.1) is 5.82 Å². The maximum atomic E-state index is 13.4. The summed E-state index contributed by atoms with van der Waals surface area (Å²) >= 11 is 4.81. The second-order valence-electron chi connectivity index (χ2n) is 2.91. The van der Waals surface area contributed by atoms with Crippen LogP contribution in [-0.4, -0.2) is 12.0 Å². The Morgan fingerprint density at radius 3 is 2.80 bits per heavy atom. The highest BCUT2D eigenvalue weighted by Crippen LogP contribution is 2.30. The van der Waals surface area contributed by atoms with Gasteiger partial charge in [-0.1, -0.05) is 0 Å². The van der Waals surface area contributed by atoms with E-state index in [-0.39, 0.29) is 5.82 Å². The number of nitrogens with one attached hydrogen (secondary N) is 1. The average molecular weight is 287 g/mol. The van der Waals surface area contributed by atoms with Crippen molar-refractivity contribution in [3.63, 3.8) is 0 Å². The van der Waals surface area contributed by atoms with Crippen LogP contribution in [-0.2, 0) is 0 Å². The van der Waals surface area contributed by atoms with Gasteiger partial charge in [-0.15, -0.1) is 11.3 Å². The molecule has 0 spiro atoms. The first-order chi connectivity index (χ1) is 7.20. The first-order valence-corrected chi connectivity index (χ1v) is 5.90. The fraction of sp³-hybridized carbons (Fsp3) is 0.100. The zero-order valence-electron chi connectivity index (χ0n) is 7.92. The van der Waals surface area contributed by atoms with E-state index in [9.17, 15) is 4.39 Å². The van der Waals surface area contributed by atoms with Gasteiger partial charge in [0.2, 0.25) is 0 Å². The smallest absolute Gasteiger partial charge is 0.146 e. The minimum absolute atomic E-state index is 0.263. The summed E-state index contributed by atoms with van der Waals surface area (Å²) in [4.78, 5) is 4.17. The molecule has 15 heavy (non-hydrogen) atoms. The molecule has 0 atom stereocenters. The number of aromatic nitrogens is 1. The van der Waals surface area contributed by atoms with Gasteiger partial charge in [0.1, 0.15) is 10.8 Å². The number of hydrogen-bond acceptors (Lipinski definition) is 3. The van der Waals surface area contributed by atoms with Gasteiger partial charge in [-0.3, -0.25) is 0 Å². The molecule has 2 aromatic rings. The van der Waals surface area contributed by atoms with E-state index in [2.05, 4.69) is 26.2 Å². The average Bonchev–Trinajstić information content (AvgIpc) is 2.65. The Bertz CT molecular complexity index is 484. The molecule has 0 aliphatic heterocycles. The predicted molar refractivity (Wildman–Crippen MR) is 64.8 cm³/mol. The van der Waals surface area contributed by atoms with Crippen molar-refractivity contribution in [3.8, 4) is 10.6 Å². The van der Waals surface area contributed by atoms with E-state index < -0.39 is 0 Å². The number of rotatable bonds is 2. The van der Waals surface area contributed by atoms with Gasteiger partial charge in [0, 0.05) is 12.6 Å². The number of benzene rings is 1. The maximum absolute atomic E-state index is 13.4. The van der Waals surface area contributed by atoms with Crippen molar-refractivity contribution in [2.45, 2.75) is 0 Å². The molecular formula is C10H8BrFN2S. The van der Waals surface area contributed by atoms with Gasteiger partial charge in [0.15, 0.2) is 0 Å². The fourth-order valence-corrected chi connectivity index (χ4v) is 2.44. The van der Waals surface area contributed by atoms with Crippen molar-refractivity contribution in [3.05, 3.63) is 34.0 Å². The second kappa shape index (κ2) is 4.28. The molecule has 1 aromatic carbocycles. The summed E-state index contributed by atoms with van der Waals surface area (Å²) in [6.07, 6.45) is 1.71. The predicted octanol–water partition coefficient (Wildman–Crippen LogP) is 3.75. The number of halogens is 2. The van der Waals surface area contributed by atoms with Gasteiger partial charge < -0.3 is 5.32 Å². The van der Waals surface area contributed by atoms with Crippen LogP contribution in [0.2, 0.25) is 0 Å². The van der Waals surface area contributed by atoms with Gasteiger partial charge in [0.25, 0.3) is 0 Å². The van der Waals surface area contributed by atoms with E-state index >= 15 is 0 Å². The lowest BCUT2D eigenvalue weighted by Gasteiger charge is -2.03. The Kier molecular flexibility index (Phi) is 3.02. The molecule has 1 aromatic heterocycles. The molecule has 0 aliphatic carbocycles. The molecule has 0 saturated heterocycles. The van der Waals surface area contributed by atoms with E-state index in [1.54, 1.807) is 19.3 Å². The zero-order chi connectivity index (χ0) is 10.8. The molecule has 0 radical (unpaired) electrons. The summed E-state index contributed by atoms with van der Waals surface area (Å²) < 4.78 is 14.4. The number of thiazole rings is 1. The first-order valence-electron chi connectivity index (χ1n) is 4.29. The summed E-state index contributed by atoms with van der Waals surface area (Å²) in [5.41, 5.74) is 1.29. The van der Waals surface area contributed by atoms with Crippen molar-refractivity contribution in [1.82, 2.24) is 4.98 Å². The van der Waals surface area contributed by atoms with Crippen LogP contribution in [0.1, 0.15) is 0 Å². The Labute approximate surface area is 99.3 Å². The van der Waals surface area contributed by atoms with E-state index in [0.29, 0.717) is 5.69 Å². The Morgan fingerprint density at radius 1 is 1.47 bits per heavy atom. The lowest BCUT2D eigenvalue weighted by atomic mass is 10.2. The molecule has 0 saturated carbocycles.